The first-order chi connectivity index (χ1) is 13.6. The standard InChI is InChI=1S/C22H28N4O2/c1-16(9-10-18-6-5-15-28-18)23-21(27)17-11-13-26(14-12-17)22-24-19-7-3-4-8-20(19)25(22)2/h3-8,15-17H,9-14H2,1-2H3,(H,23,27)/t16-/m0/s1. The summed E-state index contributed by atoms with van der Waals surface area (Å²) in [5.41, 5.74) is 2.16. The highest BCUT2D eigenvalue weighted by Gasteiger charge is 2.27. The molecule has 6 nitrogen and oxygen atoms in total. The number of aromatic nitrogens is 2. The second-order valence-corrected chi connectivity index (χ2v) is 7.75. The lowest BCUT2D eigenvalue weighted by Crippen LogP contribution is -2.43. The number of amides is 1. The summed E-state index contributed by atoms with van der Waals surface area (Å²) in [6.45, 7) is 3.78. The van der Waals surface area contributed by atoms with Crippen LogP contribution < -0.4 is 10.2 Å². The lowest BCUT2D eigenvalue weighted by molar-refractivity contribution is -0.126. The first-order valence-corrected chi connectivity index (χ1v) is 10.1. The van der Waals surface area contributed by atoms with Gasteiger partial charge in [-0.1, -0.05) is 12.1 Å². The van der Waals surface area contributed by atoms with E-state index in [1.807, 2.05) is 30.3 Å². The molecule has 1 amide bonds. The van der Waals surface area contributed by atoms with Gasteiger partial charge in [-0.15, -0.1) is 0 Å². The Kier molecular flexibility index (Phi) is 5.37. The maximum Gasteiger partial charge on any atom is 0.223 e. The topological polar surface area (TPSA) is 63.3 Å². The van der Waals surface area contributed by atoms with Gasteiger partial charge in [0.05, 0.1) is 17.3 Å². The number of nitrogens with one attached hydrogen (secondary N) is 1. The number of carbonyl (C=O) groups excluding carboxylic acids is 1. The number of nitrogens with zero attached hydrogens (tertiary/aromatic N) is 3. The molecule has 4 rings (SSSR count). The van der Waals surface area contributed by atoms with Crippen LogP contribution in [0.25, 0.3) is 11.0 Å². The van der Waals surface area contributed by atoms with Crippen molar-refractivity contribution in [2.24, 2.45) is 13.0 Å². The number of hydrogen-bond acceptors (Lipinski definition) is 4. The average Bonchev–Trinajstić information content (AvgIpc) is 3.35. The Morgan fingerprint density at radius 2 is 2.04 bits per heavy atom. The predicted molar refractivity (Wildman–Crippen MR) is 110 cm³/mol. The van der Waals surface area contributed by atoms with E-state index in [1.54, 1.807) is 6.26 Å². The summed E-state index contributed by atoms with van der Waals surface area (Å²) in [6.07, 6.45) is 5.15. The van der Waals surface area contributed by atoms with Gasteiger partial charge in [-0.25, -0.2) is 4.98 Å². The van der Waals surface area contributed by atoms with Crippen LogP contribution >= 0.6 is 0 Å². The molecule has 0 aliphatic carbocycles. The molecule has 0 radical (unpaired) electrons. The Morgan fingerprint density at radius 3 is 2.75 bits per heavy atom. The molecular formula is C22H28N4O2. The molecule has 6 heteroatoms. The van der Waals surface area contributed by atoms with E-state index in [0.29, 0.717) is 0 Å². The zero-order chi connectivity index (χ0) is 19.5. The van der Waals surface area contributed by atoms with Gasteiger partial charge in [-0.05, 0) is 50.5 Å². The van der Waals surface area contributed by atoms with Gasteiger partial charge >= 0.3 is 0 Å². The van der Waals surface area contributed by atoms with E-state index in [-0.39, 0.29) is 17.9 Å². The lowest BCUT2D eigenvalue weighted by Gasteiger charge is -2.32. The average molecular weight is 380 g/mol. The van der Waals surface area contributed by atoms with E-state index in [4.69, 9.17) is 9.40 Å². The number of piperidine rings is 1. The summed E-state index contributed by atoms with van der Waals surface area (Å²) in [7, 11) is 2.06. The molecule has 1 aliphatic rings. The van der Waals surface area contributed by atoms with Gasteiger partial charge in [0.2, 0.25) is 11.9 Å². The van der Waals surface area contributed by atoms with Crippen molar-refractivity contribution in [3.8, 4) is 0 Å². The van der Waals surface area contributed by atoms with Crippen LogP contribution in [0, 0.1) is 5.92 Å². The summed E-state index contributed by atoms with van der Waals surface area (Å²) in [5.74, 6) is 2.22. The van der Waals surface area contributed by atoms with Gasteiger partial charge < -0.3 is 19.2 Å². The summed E-state index contributed by atoms with van der Waals surface area (Å²) in [4.78, 5) is 19.7. The SMILES string of the molecule is C[C@@H](CCc1ccco1)NC(=O)C1CCN(c2nc3ccccc3n2C)CC1. The van der Waals surface area contributed by atoms with E-state index >= 15 is 0 Å². The molecule has 1 aromatic carbocycles. The van der Waals surface area contributed by atoms with Crippen LogP contribution in [0.15, 0.2) is 47.1 Å². The van der Waals surface area contributed by atoms with Crippen LogP contribution in [0.1, 0.15) is 31.9 Å². The number of rotatable bonds is 6. The molecule has 1 N–H and O–H groups in total. The quantitative estimate of drug-likeness (QED) is 0.711. The monoisotopic (exact) mass is 380 g/mol. The Hall–Kier alpha value is -2.76. The fraction of sp³-hybridized carbons (Fsp3) is 0.455. The number of benzene rings is 1. The van der Waals surface area contributed by atoms with Crippen LogP contribution in [0.2, 0.25) is 0 Å². The van der Waals surface area contributed by atoms with Gasteiger partial charge in [-0.3, -0.25) is 4.79 Å². The number of hydrogen-bond donors (Lipinski definition) is 1. The number of furan rings is 1. The van der Waals surface area contributed by atoms with Crippen molar-refractivity contribution in [1.29, 1.82) is 0 Å². The maximum atomic E-state index is 12.6. The molecule has 0 bridgehead atoms. The fourth-order valence-corrected chi connectivity index (χ4v) is 4.00. The van der Waals surface area contributed by atoms with Crippen LogP contribution in [-0.4, -0.2) is 34.6 Å². The van der Waals surface area contributed by atoms with E-state index in [0.717, 1.165) is 61.5 Å². The third kappa shape index (κ3) is 3.91. The second kappa shape index (κ2) is 8.09. The van der Waals surface area contributed by atoms with Gasteiger partial charge in [0.25, 0.3) is 0 Å². The van der Waals surface area contributed by atoms with Gasteiger partial charge in [-0.2, -0.15) is 0 Å². The predicted octanol–water partition coefficient (Wildman–Crippen LogP) is 3.52. The molecule has 28 heavy (non-hydrogen) atoms. The minimum Gasteiger partial charge on any atom is -0.469 e. The molecule has 1 atom stereocenters. The molecule has 3 heterocycles. The normalized spacial score (nSPS) is 16.4. The molecule has 2 aromatic heterocycles. The van der Waals surface area contributed by atoms with Crippen molar-refractivity contribution >= 4 is 22.9 Å². The number of aryl methyl sites for hydroxylation is 2. The van der Waals surface area contributed by atoms with Gasteiger partial charge in [0.15, 0.2) is 0 Å². The number of fused-ring (bicyclic) bond motifs is 1. The molecular weight excluding hydrogens is 352 g/mol. The minimum atomic E-state index is 0.0806. The van der Waals surface area contributed by atoms with Crippen molar-refractivity contribution in [2.75, 3.05) is 18.0 Å². The molecule has 3 aromatic rings. The molecule has 1 aliphatic heterocycles. The van der Waals surface area contributed by atoms with Crippen LogP contribution in [0.5, 0.6) is 0 Å². The molecule has 1 saturated heterocycles. The lowest BCUT2D eigenvalue weighted by atomic mass is 9.95. The Bertz CT molecular complexity index is 923. The second-order valence-electron chi connectivity index (χ2n) is 7.75. The highest BCUT2D eigenvalue weighted by Crippen LogP contribution is 2.26. The molecule has 0 saturated carbocycles. The summed E-state index contributed by atoms with van der Waals surface area (Å²) in [6, 6.07) is 12.2. The third-order valence-electron chi connectivity index (χ3n) is 5.70. The fourth-order valence-electron chi connectivity index (χ4n) is 4.00. The first kappa shape index (κ1) is 18.6. The van der Waals surface area contributed by atoms with Gasteiger partial charge in [0, 0.05) is 38.5 Å². The largest absolute Gasteiger partial charge is 0.469 e. The third-order valence-corrected chi connectivity index (χ3v) is 5.70. The van der Waals surface area contributed by atoms with E-state index in [2.05, 4.69) is 34.8 Å². The van der Waals surface area contributed by atoms with Crippen molar-refractivity contribution in [3.63, 3.8) is 0 Å². The van der Waals surface area contributed by atoms with Crippen LogP contribution in [-0.2, 0) is 18.3 Å². The summed E-state index contributed by atoms with van der Waals surface area (Å²) < 4.78 is 7.51. The van der Waals surface area contributed by atoms with Crippen molar-refractivity contribution in [1.82, 2.24) is 14.9 Å². The smallest absolute Gasteiger partial charge is 0.223 e. The number of carbonyl (C=O) groups is 1. The number of imidazole rings is 1. The number of anilines is 1. The Balaban J connectivity index is 1.29. The summed E-state index contributed by atoms with van der Waals surface area (Å²) in [5, 5.41) is 3.18. The molecule has 148 valence electrons. The maximum absolute atomic E-state index is 12.6. The summed E-state index contributed by atoms with van der Waals surface area (Å²) >= 11 is 0. The Labute approximate surface area is 165 Å². The zero-order valence-electron chi connectivity index (χ0n) is 16.6. The Morgan fingerprint density at radius 1 is 1.25 bits per heavy atom. The van der Waals surface area contributed by atoms with Crippen LogP contribution in [0.4, 0.5) is 5.95 Å². The van der Waals surface area contributed by atoms with Crippen molar-refractivity contribution in [3.05, 3.63) is 48.4 Å². The van der Waals surface area contributed by atoms with Gasteiger partial charge in [0.1, 0.15) is 5.76 Å². The van der Waals surface area contributed by atoms with Crippen molar-refractivity contribution in [2.45, 2.75) is 38.6 Å². The minimum absolute atomic E-state index is 0.0806. The van der Waals surface area contributed by atoms with Crippen molar-refractivity contribution < 1.29 is 9.21 Å². The van der Waals surface area contributed by atoms with E-state index < -0.39 is 0 Å². The van der Waals surface area contributed by atoms with E-state index in [9.17, 15) is 4.79 Å². The molecule has 0 unspecified atom stereocenters. The van der Waals surface area contributed by atoms with E-state index in [1.165, 1.54) is 0 Å². The zero-order valence-corrected chi connectivity index (χ0v) is 16.6. The first-order valence-electron chi connectivity index (χ1n) is 10.1. The molecule has 0 spiro atoms. The highest BCUT2D eigenvalue weighted by atomic mass is 16.3. The highest BCUT2D eigenvalue weighted by molar-refractivity contribution is 5.80. The molecule has 1 fully saturated rings. The number of para-hydroxylation sites is 2. The van der Waals surface area contributed by atoms with Crippen LogP contribution in [0.3, 0.4) is 0 Å².